The van der Waals surface area contributed by atoms with E-state index in [-0.39, 0.29) is 35.3 Å². The summed E-state index contributed by atoms with van der Waals surface area (Å²) in [5.74, 6) is -0.558. The largest absolute Gasteiger partial charge is 0.503 e. The second-order valence-electron chi connectivity index (χ2n) is 6.37. The minimum atomic E-state index is -0.396. The van der Waals surface area contributed by atoms with Gasteiger partial charge in [-0.15, -0.1) is 0 Å². The van der Waals surface area contributed by atoms with E-state index in [0.29, 0.717) is 12.2 Å². The Bertz CT molecular complexity index is 928. The van der Waals surface area contributed by atoms with Gasteiger partial charge in [-0.3, -0.25) is 9.59 Å². The van der Waals surface area contributed by atoms with Crippen molar-refractivity contribution >= 4 is 35.3 Å². The Labute approximate surface area is 174 Å². The van der Waals surface area contributed by atoms with E-state index < -0.39 is 5.91 Å². The Morgan fingerprint density at radius 2 is 1.93 bits per heavy atom. The molecule has 2 rings (SSSR count). The normalized spacial score (nSPS) is 10.8. The minimum absolute atomic E-state index is 0.00539. The first-order chi connectivity index (χ1) is 13.8. The monoisotopic (exact) mass is 417 g/mol. The molecule has 0 bridgehead atoms. The number of phenolic OH excluding ortho intramolecular Hbond substituents is 1. The highest BCUT2D eigenvalue weighted by molar-refractivity contribution is 6.32. The molecule has 0 spiro atoms. The minimum Gasteiger partial charge on any atom is -0.503 e. The Morgan fingerprint density at radius 1 is 1.21 bits per heavy atom. The van der Waals surface area contributed by atoms with Gasteiger partial charge in [0.1, 0.15) is 0 Å². The van der Waals surface area contributed by atoms with Gasteiger partial charge < -0.3 is 15.2 Å². The molecule has 0 aliphatic rings. The predicted octanol–water partition coefficient (Wildman–Crippen LogP) is 3.93. The Balaban J connectivity index is 1.85. The molecule has 0 unspecified atom stereocenters. The zero-order valence-corrected chi connectivity index (χ0v) is 17.3. The molecule has 2 aromatic carbocycles. The molecule has 0 atom stereocenters. The van der Waals surface area contributed by atoms with Crippen molar-refractivity contribution in [2.24, 2.45) is 5.10 Å². The number of nitrogens with zero attached hydrogens (tertiary/aromatic N) is 1. The van der Waals surface area contributed by atoms with Gasteiger partial charge in [0.05, 0.1) is 17.8 Å². The topological polar surface area (TPSA) is 100 Å². The molecule has 8 heteroatoms. The second kappa shape index (κ2) is 10.5. The number of aromatic hydroxyl groups is 1. The molecule has 0 aliphatic carbocycles. The molecule has 0 heterocycles. The fraction of sp³-hybridized carbons (Fsp3) is 0.286. The van der Waals surface area contributed by atoms with Crippen molar-refractivity contribution in [1.29, 1.82) is 0 Å². The Hall–Kier alpha value is -3.06. The van der Waals surface area contributed by atoms with Gasteiger partial charge in [-0.25, -0.2) is 5.43 Å². The third kappa shape index (κ3) is 6.50. The van der Waals surface area contributed by atoms with Crippen molar-refractivity contribution in [3.05, 3.63) is 52.0 Å². The number of aryl methyl sites for hydroxylation is 1. The van der Waals surface area contributed by atoms with Crippen molar-refractivity contribution in [1.82, 2.24) is 5.43 Å². The zero-order chi connectivity index (χ0) is 21.4. The van der Waals surface area contributed by atoms with Gasteiger partial charge in [-0.1, -0.05) is 23.7 Å². The van der Waals surface area contributed by atoms with Crippen LogP contribution in [0.4, 0.5) is 5.69 Å². The maximum atomic E-state index is 12.1. The lowest BCUT2D eigenvalue weighted by Crippen LogP contribution is -2.21. The summed E-state index contributed by atoms with van der Waals surface area (Å²) in [5, 5.41) is 16.6. The van der Waals surface area contributed by atoms with E-state index in [1.165, 1.54) is 12.3 Å². The number of nitrogens with one attached hydrogen (secondary N) is 2. The standard InChI is InChI=1S/C21H24ClN3O4/c1-4-29-18-11-15(10-16(22)21(18)28)12-23-25-20(27)9-8-19(26)24-17-7-5-6-13(2)14(17)3/h5-7,10-12,28H,4,8-9H2,1-3H3,(H,24,26)(H,25,27). The molecule has 0 aliphatic heterocycles. The van der Waals surface area contributed by atoms with E-state index in [1.54, 1.807) is 13.0 Å². The molecule has 0 saturated heterocycles. The first-order valence-corrected chi connectivity index (χ1v) is 9.53. The summed E-state index contributed by atoms with van der Waals surface area (Å²) >= 11 is 5.94. The third-order valence-electron chi connectivity index (χ3n) is 4.21. The highest BCUT2D eigenvalue weighted by Crippen LogP contribution is 2.34. The number of hydrazone groups is 1. The molecule has 0 saturated carbocycles. The molecular formula is C21H24ClN3O4. The number of rotatable bonds is 8. The molecule has 7 nitrogen and oxygen atoms in total. The fourth-order valence-electron chi connectivity index (χ4n) is 2.49. The first kappa shape index (κ1) is 22.2. The number of benzene rings is 2. The SMILES string of the molecule is CCOc1cc(C=NNC(=O)CCC(=O)Nc2cccc(C)c2C)cc(Cl)c1O. The average Bonchev–Trinajstić information content (AvgIpc) is 2.68. The highest BCUT2D eigenvalue weighted by atomic mass is 35.5. The van der Waals surface area contributed by atoms with Gasteiger partial charge >= 0.3 is 0 Å². The number of phenols is 1. The summed E-state index contributed by atoms with van der Waals surface area (Å²) in [6, 6.07) is 8.70. The van der Waals surface area contributed by atoms with Crippen LogP contribution in [0.15, 0.2) is 35.4 Å². The number of amides is 2. The summed E-state index contributed by atoms with van der Waals surface area (Å²) in [5.41, 5.74) is 5.72. The number of halogens is 1. The molecule has 0 radical (unpaired) electrons. The summed E-state index contributed by atoms with van der Waals surface area (Å²) in [6.45, 7) is 6.05. The smallest absolute Gasteiger partial charge is 0.240 e. The van der Waals surface area contributed by atoms with Gasteiger partial charge in [0.15, 0.2) is 11.5 Å². The van der Waals surface area contributed by atoms with E-state index in [2.05, 4.69) is 15.8 Å². The van der Waals surface area contributed by atoms with Crippen LogP contribution in [0, 0.1) is 13.8 Å². The van der Waals surface area contributed by atoms with Gasteiger partial charge in [-0.05, 0) is 55.7 Å². The van der Waals surface area contributed by atoms with Crippen LogP contribution < -0.4 is 15.5 Å². The predicted molar refractivity (Wildman–Crippen MR) is 114 cm³/mol. The molecule has 0 fully saturated rings. The lowest BCUT2D eigenvalue weighted by Gasteiger charge is -2.10. The quantitative estimate of drug-likeness (QED) is 0.447. The van der Waals surface area contributed by atoms with Crippen LogP contribution in [0.3, 0.4) is 0 Å². The number of hydrogen-bond acceptors (Lipinski definition) is 5. The lowest BCUT2D eigenvalue weighted by molar-refractivity contribution is -0.124. The maximum Gasteiger partial charge on any atom is 0.240 e. The average molecular weight is 418 g/mol. The molecule has 2 amide bonds. The molecule has 29 heavy (non-hydrogen) atoms. The highest BCUT2D eigenvalue weighted by Gasteiger charge is 2.10. The van der Waals surface area contributed by atoms with Crippen LogP contribution in [-0.2, 0) is 9.59 Å². The molecule has 2 aromatic rings. The third-order valence-corrected chi connectivity index (χ3v) is 4.50. The first-order valence-electron chi connectivity index (χ1n) is 9.15. The molecular weight excluding hydrogens is 394 g/mol. The Kier molecular flexibility index (Phi) is 8.03. The summed E-state index contributed by atoms with van der Waals surface area (Å²) in [4.78, 5) is 24.0. The number of carbonyl (C=O) groups excluding carboxylic acids is 2. The van der Waals surface area contributed by atoms with E-state index in [0.717, 1.165) is 16.8 Å². The van der Waals surface area contributed by atoms with Crippen LogP contribution in [0.1, 0.15) is 36.5 Å². The molecule has 3 N–H and O–H groups in total. The van der Waals surface area contributed by atoms with E-state index in [1.807, 2.05) is 32.0 Å². The fourth-order valence-corrected chi connectivity index (χ4v) is 2.71. The Morgan fingerprint density at radius 3 is 2.66 bits per heavy atom. The van der Waals surface area contributed by atoms with E-state index >= 15 is 0 Å². The van der Waals surface area contributed by atoms with E-state index in [9.17, 15) is 14.7 Å². The van der Waals surface area contributed by atoms with Crippen LogP contribution in [0.2, 0.25) is 5.02 Å². The van der Waals surface area contributed by atoms with Crippen LogP contribution in [0.5, 0.6) is 11.5 Å². The number of ether oxygens (including phenoxy) is 1. The zero-order valence-electron chi connectivity index (χ0n) is 16.6. The van der Waals surface area contributed by atoms with Crippen LogP contribution >= 0.6 is 11.6 Å². The molecule has 0 aromatic heterocycles. The van der Waals surface area contributed by atoms with Gasteiger partial charge in [0.2, 0.25) is 11.8 Å². The van der Waals surface area contributed by atoms with Crippen LogP contribution in [0.25, 0.3) is 0 Å². The van der Waals surface area contributed by atoms with Gasteiger partial charge in [0.25, 0.3) is 0 Å². The maximum absolute atomic E-state index is 12.1. The second-order valence-corrected chi connectivity index (χ2v) is 6.78. The summed E-state index contributed by atoms with van der Waals surface area (Å²) in [6.07, 6.45) is 1.41. The lowest BCUT2D eigenvalue weighted by atomic mass is 10.1. The number of carbonyl (C=O) groups is 2. The van der Waals surface area contributed by atoms with E-state index in [4.69, 9.17) is 16.3 Å². The van der Waals surface area contributed by atoms with Gasteiger partial charge in [-0.2, -0.15) is 5.10 Å². The van der Waals surface area contributed by atoms with Gasteiger partial charge in [0, 0.05) is 18.5 Å². The van der Waals surface area contributed by atoms with Crippen molar-refractivity contribution in [2.45, 2.75) is 33.6 Å². The van der Waals surface area contributed by atoms with Crippen molar-refractivity contribution in [3.8, 4) is 11.5 Å². The number of hydrogen-bond donors (Lipinski definition) is 3. The van der Waals surface area contributed by atoms with Crippen molar-refractivity contribution in [2.75, 3.05) is 11.9 Å². The number of anilines is 1. The van der Waals surface area contributed by atoms with Crippen molar-refractivity contribution in [3.63, 3.8) is 0 Å². The van der Waals surface area contributed by atoms with Crippen LogP contribution in [-0.4, -0.2) is 29.7 Å². The van der Waals surface area contributed by atoms with Crippen molar-refractivity contribution < 1.29 is 19.4 Å². The summed E-state index contributed by atoms with van der Waals surface area (Å²) < 4.78 is 5.29. The molecule has 154 valence electrons. The summed E-state index contributed by atoms with van der Waals surface area (Å²) in [7, 11) is 0.